The fraction of sp³-hybridized carbons (Fsp3) is 0. The van der Waals surface area contributed by atoms with E-state index >= 15 is 0 Å². The second-order valence-electron chi connectivity index (χ2n) is 5.57. The molecular formula is C23H19BN. The third kappa shape index (κ3) is 5.47. The zero-order chi connectivity index (χ0) is 17.2. The first-order valence-electron chi connectivity index (χ1n) is 8.32. The van der Waals surface area contributed by atoms with Crippen LogP contribution in [0.5, 0.6) is 0 Å². The molecule has 0 bridgehead atoms. The van der Waals surface area contributed by atoms with Gasteiger partial charge in [-0.1, -0.05) is 102 Å². The minimum absolute atomic E-state index is 1.21. The highest BCUT2D eigenvalue weighted by Crippen LogP contribution is 2.16. The van der Waals surface area contributed by atoms with Crippen LogP contribution >= 0.6 is 0 Å². The summed E-state index contributed by atoms with van der Waals surface area (Å²) in [5.74, 6) is 0. The molecule has 0 atom stereocenters. The van der Waals surface area contributed by atoms with Gasteiger partial charge in [-0.25, -0.2) is 0 Å². The molecule has 0 fully saturated rings. The normalized spacial score (nSPS) is 9.60. The third-order valence-corrected chi connectivity index (χ3v) is 3.72. The van der Waals surface area contributed by atoms with E-state index in [4.69, 9.17) is 0 Å². The van der Waals surface area contributed by atoms with Crippen molar-refractivity contribution in [2.75, 3.05) is 0 Å². The van der Waals surface area contributed by atoms with Gasteiger partial charge in [-0.05, 0) is 23.3 Å². The maximum absolute atomic E-state index is 3.97. The maximum Gasteiger partial charge on any atom is 0.191 e. The van der Waals surface area contributed by atoms with Gasteiger partial charge in [-0.15, -0.1) is 0 Å². The number of pyridine rings is 1. The first-order valence-corrected chi connectivity index (χ1v) is 8.32. The van der Waals surface area contributed by atoms with E-state index in [1.165, 1.54) is 22.1 Å². The lowest BCUT2D eigenvalue weighted by Crippen LogP contribution is -2.26. The monoisotopic (exact) mass is 320 g/mol. The summed E-state index contributed by atoms with van der Waals surface area (Å²) in [6.07, 6.45) is 3.62. The lowest BCUT2D eigenvalue weighted by molar-refractivity contribution is 1.33. The van der Waals surface area contributed by atoms with Crippen molar-refractivity contribution >= 4 is 18.2 Å². The molecule has 0 aliphatic carbocycles. The number of hydrogen-bond acceptors (Lipinski definition) is 1. The predicted molar refractivity (Wildman–Crippen MR) is 108 cm³/mol. The predicted octanol–water partition coefficient (Wildman–Crippen LogP) is 4.09. The molecule has 1 heterocycles. The van der Waals surface area contributed by atoms with Crippen molar-refractivity contribution in [2.45, 2.75) is 0 Å². The lowest BCUT2D eigenvalue weighted by Gasteiger charge is -1.98. The third-order valence-electron chi connectivity index (χ3n) is 3.72. The molecular weight excluding hydrogens is 301 g/mol. The van der Waals surface area contributed by atoms with E-state index in [1.54, 1.807) is 0 Å². The summed E-state index contributed by atoms with van der Waals surface area (Å²) in [5.41, 5.74) is 4.94. The summed E-state index contributed by atoms with van der Waals surface area (Å²) in [7, 11) is 2.17. The van der Waals surface area contributed by atoms with Crippen LogP contribution in [0.15, 0.2) is 116 Å². The quantitative estimate of drug-likeness (QED) is 0.518. The molecule has 0 saturated heterocycles. The minimum Gasteiger partial charge on any atom is -0.265 e. The first-order chi connectivity index (χ1) is 12.4. The summed E-state index contributed by atoms with van der Waals surface area (Å²) >= 11 is 0. The zero-order valence-electron chi connectivity index (χ0n) is 14.0. The zero-order valence-corrected chi connectivity index (χ0v) is 14.0. The molecule has 0 saturated carbocycles. The number of aromatic nitrogens is 1. The first kappa shape index (κ1) is 16.7. The van der Waals surface area contributed by atoms with Crippen LogP contribution in [0.2, 0.25) is 0 Å². The van der Waals surface area contributed by atoms with Crippen LogP contribution in [0.4, 0.5) is 0 Å². The summed E-state index contributed by atoms with van der Waals surface area (Å²) < 4.78 is 0. The van der Waals surface area contributed by atoms with Gasteiger partial charge >= 0.3 is 0 Å². The van der Waals surface area contributed by atoms with Crippen molar-refractivity contribution in [3.63, 3.8) is 0 Å². The average Bonchev–Trinajstić information content (AvgIpc) is 2.71. The number of nitrogens with zero attached hydrogens (tertiary/aromatic N) is 1. The maximum atomic E-state index is 3.97. The Hall–Kier alpha value is -3.13. The standard InChI is InChI=1S/C12H10B.C11H9N/c1-3-7-11(8-4-1)13-12-9-5-2-6-10-12;1-2-4-10(5-3-1)11-6-8-12-9-7-11/h1-10H;1-9H. The average molecular weight is 320 g/mol. The Morgan fingerprint density at radius 2 is 0.840 bits per heavy atom. The summed E-state index contributed by atoms with van der Waals surface area (Å²) in [4.78, 5) is 3.97. The fourth-order valence-corrected chi connectivity index (χ4v) is 2.47. The molecule has 4 aromatic rings. The molecule has 0 unspecified atom stereocenters. The molecule has 119 valence electrons. The highest BCUT2D eigenvalue weighted by atomic mass is 14.6. The van der Waals surface area contributed by atoms with E-state index in [-0.39, 0.29) is 0 Å². The van der Waals surface area contributed by atoms with Gasteiger partial charge in [0.2, 0.25) is 0 Å². The summed E-state index contributed by atoms with van der Waals surface area (Å²) in [6, 6.07) is 35.0. The van der Waals surface area contributed by atoms with Gasteiger partial charge in [0.1, 0.15) is 0 Å². The number of hydrogen-bond donors (Lipinski definition) is 0. The van der Waals surface area contributed by atoms with Crippen molar-refractivity contribution < 1.29 is 0 Å². The number of benzene rings is 3. The Bertz CT molecular complexity index is 772. The van der Waals surface area contributed by atoms with E-state index in [2.05, 4.69) is 72.9 Å². The van der Waals surface area contributed by atoms with E-state index in [9.17, 15) is 0 Å². The van der Waals surface area contributed by atoms with Gasteiger partial charge in [-0.3, -0.25) is 4.98 Å². The highest BCUT2D eigenvalue weighted by molar-refractivity contribution is 6.67. The van der Waals surface area contributed by atoms with Crippen LogP contribution < -0.4 is 10.9 Å². The van der Waals surface area contributed by atoms with Crippen LogP contribution in [0.25, 0.3) is 11.1 Å². The van der Waals surface area contributed by atoms with Gasteiger partial charge in [0.25, 0.3) is 0 Å². The fourth-order valence-electron chi connectivity index (χ4n) is 2.47. The van der Waals surface area contributed by atoms with Gasteiger partial charge in [0.05, 0.1) is 0 Å². The molecule has 1 nitrogen and oxygen atoms in total. The van der Waals surface area contributed by atoms with E-state index < -0.39 is 0 Å². The van der Waals surface area contributed by atoms with Crippen molar-refractivity contribution in [3.8, 4) is 11.1 Å². The van der Waals surface area contributed by atoms with Gasteiger partial charge in [0, 0.05) is 12.4 Å². The summed E-state index contributed by atoms with van der Waals surface area (Å²) in [5, 5.41) is 0. The Morgan fingerprint density at radius 1 is 0.440 bits per heavy atom. The van der Waals surface area contributed by atoms with E-state index in [0.717, 1.165) is 0 Å². The molecule has 1 aromatic heterocycles. The van der Waals surface area contributed by atoms with Crippen LogP contribution in [0.3, 0.4) is 0 Å². The summed E-state index contributed by atoms with van der Waals surface area (Å²) in [6.45, 7) is 0. The molecule has 3 aromatic carbocycles. The smallest absolute Gasteiger partial charge is 0.191 e. The van der Waals surface area contributed by atoms with Gasteiger partial charge < -0.3 is 0 Å². The Balaban J connectivity index is 0.000000146. The minimum atomic E-state index is 1.21. The SMILES string of the molecule is [B](c1ccccc1)c1ccccc1.c1ccc(-c2ccncc2)cc1. The van der Waals surface area contributed by atoms with Crippen LogP contribution in [0.1, 0.15) is 0 Å². The second kappa shape index (κ2) is 9.24. The van der Waals surface area contributed by atoms with Crippen molar-refractivity contribution in [3.05, 3.63) is 116 Å². The van der Waals surface area contributed by atoms with Crippen LogP contribution in [0, 0.1) is 0 Å². The second-order valence-corrected chi connectivity index (χ2v) is 5.57. The van der Waals surface area contributed by atoms with Gasteiger partial charge in [-0.2, -0.15) is 0 Å². The van der Waals surface area contributed by atoms with Crippen molar-refractivity contribution in [2.24, 2.45) is 0 Å². The molecule has 0 aliphatic heterocycles. The Labute approximate surface area is 150 Å². The topological polar surface area (TPSA) is 12.9 Å². The molecule has 0 N–H and O–H groups in total. The molecule has 25 heavy (non-hydrogen) atoms. The molecule has 1 radical (unpaired) electrons. The lowest BCUT2D eigenvalue weighted by atomic mass is 9.64. The van der Waals surface area contributed by atoms with Crippen LogP contribution in [-0.2, 0) is 0 Å². The van der Waals surface area contributed by atoms with Crippen molar-refractivity contribution in [1.29, 1.82) is 0 Å². The van der Waals surface area contributed by atoms with Crippen molar-refractivity contribution in [1.82, 2.24) is 4.98 Å². The number of rotatable bonds is 3. The Morgan fingerprint density at radius 3 is 1.32 bits per heavy atom. The Kier molecular flexibility index (Phi) is 6.18. The molecule has 0 spiro atoms. The highest BCUT2D eigenvalue weighted by Gasteiger charge is 1.95. The van der Waals surface area contributed by atoms with Crippen LogP contribution in [-0.4, -0.2) is 12.3 Å². The molecule has 4 rings (SSSR count). The molecule has 0 aliphatic rings. The van der Waals surface area contributed by atoms with Gasteiger partial charge in [0.15, 0.2) is 7.28 Å². The molecule has 0 amide bonds. The molecule has 2 heteroatoms. The van der Waals surface area contributed by atoms with E-state index in [1.807, 2.05) is 54.9 Å². The van der Waals surface area contributed by atoms with E-state index in [0.29, 0.717) is 0 Å². The largest absolute Gasteiger partial charge is 0.265 e.